The smallest absolute Gasteiger partial charge is 0.0529 e. The van der Waals surface area contributed by atoms with Crippen LogP contribution in [0.3, 0.4) is 0 Å². The third-order valence-electron chi connectivity index (χ3n) is 4.33. The molecule has 0 bridgehead atoms. The summed E-state index contributed by atoms with van der Waals surface area (Å²) in [5, 5.41) is 4.02. The van der Waals surface area contributed by atoms with Gasteiger partial charge in [0, 0.05) is 22.1 Å². The predicted octanol–water partition coefficient (Wildman–Crippen LogP) is 2.80. The SMILES string of the molecule is CNC1CC(C)CC(C)C1S(=O)C(C)C(C)C. The quantitative estimate of drug-likeness (QED) is 0.841. The van der Waals surface area contributed by atoms with E-state index in [-0.39, 0.29) is 0 Å². The van der Waals surface area contributed by atoms with Crippen molar-refractivity contribution in [1.29, 1.82) is 0 Å². The molecular formula is C14H29NOS. The van der Waals surface area contributed by atoms with Crippen LogP contribution in [0.1, 0.15) is 47.5 Å². The molecule has 102 valence electrons. The van der Waals surface area contributed by atoms with Crippen LogP contribution in [-0.2, 0) is 10.8 Å². The minimum atomic E-state index is -0.719. The van der Waals surface area contributed by atoms with Crippen LogP contribution in [0.5, 0.6) is 0 Å². The molecule has 1 aliphatic rings. The van der Waals surface area contributed by atoms with E-state index in [1.165, 1.54) is 12.8 Å². The maximum Gasteiger partial charge on any atom is 0.0529 e. The second kappa shape index (κ2) is 6.33. The van der Waals surface area contributed by atoms with Crippen molar-refractivity contribution in [3.05, 3.63) is 0 Å². The lowest BCUT2D eigenvalue weighted by Gasteiger charge is -2.40. The van der Waals surface area contributed by atoms with E-state index in [1.54, 1.807) is 0 Å². The van der Waals surface area contributed by atoms with Crippen LogP contribution in [-0.4, -0.2) is 27.8 Å². The third-order valence-corrected chi connectivity index (χ3v) is 6.94. The van der Waals surface area contributed by atoms with Gasteiger partial charge in [0.1, 0.15) is 0 Å². The Kier molecular flexibility index (Phi) is 5.65. The number of hydrogen-bond acceptors (Lipinski definition) is 2. The monoisotopic (exact) mass is 259 g/mol. The summed E-state index contributed by atoms with van der Waals surface area (Å²) >= 11 is 0. The highest BCUT2D eigenvalue weighted by Gasteiger charge is 2.39. The fourth-order valence-corrected chi connectivity index (χ4v) is 5.19. The lowest BCUT2D eigenvalue weighted by molar-refractivity contribution is 0.252. The third kappa shape index (κ3) is 3.54. The maximum absolute atomic E-state index is 12.7. The van der Waals surface area contributed by atoms with Crippen molar-refractivity contribution in [1.82, 2.24) is 5.32 Å². The highest BCUT2D eigenvalue weighted by Crippen LogP contribution is 2.34. The second-order valence-corrected chi connectivity index (χ2v) is 8.14. The van der Waals surface area contributed by atoms with Crippen molar-refractivity contribution in [2.75, 3.05) is 7.05 Å². The minimum Gasteiger partial charge on any atom is -0.316 e. The van der Waals surface area contributed by atoms with E-state index in [0.29, 0.717) is 28.4 Å². The lowest BCUT2D eigenvalue weighted by Crippen LogP contribution is -2.51. The molecule has 0 aromatic rings. The molecule has 0 amide bonds. The molecule has 1 rings (SSSR count). The molecule has 1 N–H and O–H groups in total. The molecule has 0 saturated heterocycles. The van der Waals surface area contributed by atoms with Gasteiger partial charge in [-0.15, -0.1) is 0 Å². The molecule has 0 aromatic carbocycles. The van der Waals surface area contributed by atoms with Crippen molar-refractivity contribution >= 4 is 10.8 Å². The molecule has 0 aliphatic heterocycles. The highest BCUT2D eigenvalue weighted by molar-refractivity contribution is 7.86. The van der Waals surface area contributed by atoms with Crippen molar-refractivity contribution in [3.8, 4) is 0 Å². The zero-order valence-electron chi connectivity index (χ0n) is 12.2. The van der Waals surface area contributed by atoms with Gasteiger partial charge in [0.2, 0.25) is 0 Å². The van der Waals surface area contributed by atoms with Crippen molar-refractivity contribution < 1.29 is 4.21 Å². The Labute approximate surface area is 109 Å². The van der Waals surface area contributed by atoms with Crippen molar-refractivity contribution in [2.24, 2.45) is 17.8 Å². The van der Waals surface area contributed by atoms with Crippen LogP contribution in [0.4, 0.5) is 0 Å². The number of rotatable bonds is 4. The Morgan fingerprint density at radius 3 is 2.24 bits per heavy atom. The lowest BCUT2D eigenvalue weighted by atomic mass is 9.80. The fraction of sp³-hybridized carbons (Fsp3) is 1.00. The van der Waals surface area contributed by atoms with Crippen LogP contribution in [0.2, 0.25) is 0 Å². The standard InChI is InChI=1S/C14H29NOS/c1-9(2)12(5)17(16)14-11(4)7-10(3)8-13(14)15-6/h9-15H,7-8H2,1-6H3. The molecule has 2 nitrogen and oxygen atoms in total. The van der Waals surface area contributed by atoms with Crippen LogP contribution < -0.4 is 5.32 Å². The van der Waals surface area contributed by atoms with Gasteiger partial charge in [0.15, 0.2) is 0 Å². The first kappa shape index (κ1) is 15.2. The molecule has 0 heterocycles. The second-order valence-electron chi connectivity index (χ2n) is 6.19. The van der Waals surface area contributed by atoms with Crippen LogP contribution in [0, 0.1) is 17.8 Å². The van der Waals surface area contributed by atoms with Gasteiger partial charge in [-0.3, -0.25) is 4.21 Å². The molecule has 6 unspecified atom stereocenters. The number of hydrogen-bond donors (Lipinski definition) is 1. The summed E-state index contributed by atoms with van der Waals surface area (Å²) < 4.78 is 12.7. The average Bonchev–Trinajstić information content (AvgIpc) is 2.25. The molecule has 17 heavy (non-hydrogen) atoms. The van der Waals surface area contributed by atoms with Gasteiger partial charge >= 0.3 is 0 Å². The average molecular weight is 259 g/mol. The summed E-state index contributed by atoms with van der Waals surface area (Å²) in [7, 11) is 1.29. The van der Waals surface area contributed by atoms with Gasteiger partial charge in [0.05, 0.1) is 5.25 Å². The Morgan fingerprint density at radius 2 is 1.76 bits per heavy atom. The van der Waals surface area contributed by atoms with E-state index in [2.05, 4.69) is 39.9 Å². The fourth-order valence-electron chi connectivity index (χ4n) is 3.02. The van der Waals surface area contributed by atoms with E-state index in [4.69, 9.17) is 0 Å². The molecule has 1 saturated carbocycles. The van der Waals surface area contributed by atoms with Crippen molar-refractivity contribution in [3.63, 3.8) is 0 Å². The minimum absolute atomic E-state index is 0.298. The summed E-state index contributed by atoms with van der Waals surface area (Å²) in [6.45, 7) is 11.1. The van der Waals surface area contributed by atoms with Crippen molar-refractivity contribution in [2.45, 2.75) is 64.0 Å². The zero-order valence-corrected chi connectivity index (χ0v) is 13.0. The Bertz CT molecular complexity index is 267. The molecule has 0 aromatic heterocycles. The van der Waals surface area contributed by atoms with Gasteiger partial charge in [0.25, 0.3) is 0 Å². The van der Waals surface area contributed by atoms with Crippen LogP contribution in [0.25, 0.3) is 0 Å². The van der Waals surface area contributed by atoms with E-state index < -0.39 is 10.8 Å². The summed E-state index contributed by atoms with van der Waals surface area (Å²) in [4.78, 5) is 0. The molecule has 0 radical (unpaired) electrons. The Hall–Kier alpha value is 0.110. The summed E-state index contributed by atoms with van der Waals surface area (Å²) in [6, 6.07) is 0.427. The normalized spacial score (nSPS) is 38.1. The van der Waals surface area contributed by atoms with Crippen LogP contribution in [0.15, 0.2) is 0 Å². The van der Waals surface area contributed by atoms with E-state index in [1.807, 2.05) is 7.05 Å². The van der Waals surface area contributed by atoms with Gasteiger partial charge in [-0.2, -0.15) is 0 Å². The molecular weight excluding hydrogens is 230 g/mol. The molecule has 3 heteroatoms. The maximum atomic E-state index is 12.7. The first-order valence-electron chi connectivity index (χ1n) is 6.95. The topological polar surface area (TPSA) is 29.1 Å². The molecule has 1 fully saturated rings. The Morgan fingerprint density at radius 1 is 1.18 bits per heavy atom. The Balaban J connectivity index is 2.81. The first-order valence-corrected chi connectivity index (χ1v) is 8.22. The summed E-state index contributed by atoms with van der Waals surface area (Å²) in [5.74, 6) is 1.82. The van der Waals surface area contributed by atoms with Gasteiger partial charge in [-0.05, 0) is 37.6 Å². The number of nitrogens with one attached hydrogen (secondary N) is 1. The largest absolute Gasteiger partial charge is 0.316 e. The van der Waals surface area contributed by atoms with E-state index in [9.17, 15) is 4.21 Å². The highest BCUT2D eigenvalue weighted by atomic mass is 32.2. The van der Waals surface area contributed by atoms with Gasteiger partial charge in [-0.25, -0.2) is 0 Å². The molecule has 0 spiro atoms. The molecule has 1 aliphatic carbocycles. The van der Waals surface area contributed by atoms with E-state index >= 15 is 0 Å². The summed E-state index contributed by atoms with van der Waals surface area (Å²) in [6.07, 6.45) is 2.39. The van der Waals surface area contributed by atoms with Gasteiger partial charge < -0.3 is 5.32 Å². The first-order chi connectivity index (χ1) is 7.88. The van der Waals surface area contributed by atoms with Crippen LogP contribution >= 0.6 is 0 Å². The molecule has 6 atom stereocenters. The zero-order chi connectivity index (χ0) is 13.2. The predicted molar refractivity (Wildman–Crippen MR) is 76.6 cm³/mol. The van der Waals surface area contributed by atoms with Gasteiger partial charge in [-0.1, -0.05) is 34.6 Å². The van der Waals surface area contributed by atoms with E-state index in [0.717, 1.165) is 5.92 Å². The summed E-state index contributed by atoms with van der Waals surface area (Å²) in [5.41, 5.74) is 0.